The zero-order valence-electron chi connectivity index (χ0n) is 7.79. The first-order valence-electron chi connectivity index (χ1n) is 4.26. The van der Waals surface area contributed by atoms with Crippen molar-refractivity contribution >= 4 is 0 Å². The van der Waals surface area contributed by atoms with Gasteiger partial charge in [0.15, 0.2) is 5.43 Å². The fourth-order valence-corrected chi connectivity index (χ4v) is 1.17. The van der Waals surface area contributed by atoms with E-state index in [1.54, 1.807) is 17.1 Å². The molecule has 0 saturated heterocycles. The SMILES string of the molecule is Cc1nccn1Cn1ccc(=O)cn1. The lowest BCUT2D eigenvalue weighted by atomic mass is 10.6. The second kappa shape index (κ2) is 3.45. The van der Waals surface area contributed by atoms with E-state index in [-0.39, 0.29) is 5.43 Å². The molecule has 2 aromatic rings. The van der Waals surface area contributed by atoms with Crippen LogP contribution in [0.4, 0.5) is 0 Å². The van der Waals surface area contributed by atoms with Gasteiger partial charge in [0.2, 0.25) is 0 Å². The molecule has 0 fully saturated rings. The molecule has 72 valence electrons. The van der Waals surface area contributed by atoms with E-state index < -0.39 is 0 Å². The minimum absolute atomic E-state index is 0.0800. The summed E-state index contributed by atoms with van der Waals surface area (Å²) in [6, 6.07) is 1.49. The minimum atomic E-state index is -0.0800. The summed E-state index contributed by atoms with van der Waals surface area (Å²) in [5, 5.41) is 3.95. The number of rotatable bonds is 2. The van der Waals surface area contributed by atoms with Crippen molar-refractivity contribution in [3.8, 4) is 0 Å². The largest absolute Gasteiger partial charge is 0.315 e. The zero-order chi connectivity index (χ0) is 9.97. The molecule has 14 heavy (non-hydrogen) atoms. The van der Waals surface area contributed by atoms with Gasteiger partial charge in [-0.15, -0.1) is 0 Å². The number of hydrogen-bond donors (Lipinski definition) is 0. The van der Waals surface area contributed by atoms with Gasteiger partial charge in [0, 0.05) is 24.7 Å². The molecule has 0 radical (unpaired) electrons. The number of hydrogen-bond acceptors (Lipinski definition) is 3. The van der Waals surface area contributed by atoms with Gasteiger partial charge in [-0.3, -0.25) is 9.48 Å². The molecule has 0 saturated carbocycles. The van der Waals surface area contributed by atoms with Crippen molar-refractivity contribution < 1.29 is 0 Å². The normalized spacial score (nSPS) is 10.4. The van der Waals surface area contributed by atoms with Crippen molar-refractivity contribution in [2.45, 2.75) is 13.6 Å². The fourth-order valence-electron chi connectivity index (χ4n) is 1.17. The van der Waals surface area contributed by atoms with Gasteiger partial charge in [-0.2, -0.15) is 5.10 Å². The predicted octanol–water partition coefficient (Wildman–Crippen LogP) is 0.254. The quantitative estimate of drug-likeness (QED) is 0.682. The highest BCUT2D eigenvalue weighted by Gasteiger charge is 1.96. The van der Waals surface area contributed by atoms with Crippen molar-refractivity contribution in [1.82, 2.24) is 19.3 Å². The Morgan fingerprint density at radius 3 is 2.86 bits per heavy atom. The molecule has 0 aromatic carbocycles. The Hall–Kier alpha value is -1.91. The first-order chi connectivity index (χ1) is 6.75. The summed E-state index contributed by atoms with van der Waals surface area (Å²) in [5.41, 5.74) is -0.0800. The molecule has 0 bridgehead atoms. The summed E-state index contributed by atoms with van der Waals surface area (Å²) in [4.78, 5) is 14.9. The summed E-state index contributed by atoms with van der Waals surface area (Å²) in [6.07, 6.45) is 6.56. The summed E-state index contributed by atoms with van der Waals surface area (Å²) in [7, 11) is 0. The first-order valence-corrected chi connectivity index (χ1v) is 4.26. The molecular weight excluding hydrogens is 180 g/mol. The maximum Gasteiger partial charge on any atom is 0.200 e. The molecule has 0 aliphatic carbocycles. The van der Waals surface area contributed by atoms with Gasteiger partial charge in [-0.05, 0) is 6.92 Å². The molecule has 0 N–H and O–H groups in total. The Balaban J connectivity index is 2.23. The smallest absolute Gasteiger partial charge is 0.200 e. The van der Waals surface area contributed by atoms with E-state index in [2.05, 4.69) is 10.1 Å². The molecule has 0 spiro atoms. The fraction of sp³-hybridized carbons (Fsp3) is 0.222. The van der Waals surface area contributed by atoms with Crippen LogP contribution in [-0.4, -0.2) is 19.3 Å². The minimum Gasteiger partial charge on any atom is -0.315 e. The monoisotopic (exact) mass is 190 g/mol. The van der Waals surface area contributed by atoms with Gasteiger partial charge >= 0.3 is 0 Å². The van der Waals surface area contributed by atoms with E-state index in [1.807, 2.05) is 17.7 Å². The Morgan fingerprint density at radius 1 is 1.43 bits per heavy atom. The van der Waals surface area contributed by atoms with Crippen molar-refractivity contribution in [2.24, 2.45) is 0 Å². The Labute approximate surface area is 80.6 Å². The van der Waals surface area contributed by atoms with Gasteiger partial charge in [0.1, 0.15) is 12.5 Å². The number of aromatic nitrogens is 4. The maximum atomic E-state index is 10.8. The average molecular weight is 190 g/mol. The molecule has 2 heterocycles. The van der Waals surface area contributed by atoms with Crippen molar-refractivity contribution in [3.05, 3.63) is 46.9 Å². The zero-order valence-corrected chi connectivity index (χ0v) is 7.79. The highest BCUT2D eigenvalue weighted by molar-refractivity contribution is 4.90. The van der Waals surface area contributed by atoms with Crippen LogP contribution in [0.3, 0.4) is 0 Å². The number of nitrogens with zero attached hydrogens (tertiary/aromatic N) is 4. The van der Waals surface area contributed by atoms with Crippen molar-refractivity contribution in [1.29, 1.82) is 0 Å². The number of aryl methyl sites for hydroxylation is 1. The molecule has 0 aliphatic heterocycles. The Morgan fingerprint density at radius 2 is 2.29 bits per heavy atom. The number of imidazole rings is 1. The van der Waals surface area contributed by atoms with Gasteiger partial charge in [0.05, 0.1) is 6.20 Å². The highest BCUT2D eigenvalue weighted by atomic mass is 16.1. The van der Waals surface area contributed by atoms with Gasteiger partial charge < -0.3 is 4.57 Å². The third kappa shape index (κ3) is 1.71. The standard InChI is InChI=1S/C9H10N4O/c1-8-10-3-5-12(8)7-13-4-2-9(14)6-11-13/h2-6H,7H2,1H3. The Kier molecular flexibility index (Phi) is 2.14. The second-order valence-corrected chi connectivity index (χ2v) is 2.99. The van der Waals surface area contributed by atoms with Crippen molar-refractivity contribution in [3.63, 3.8) is 0 Å². The summed E-state index contributed by atoms with van der Waals surface area (Å²) in [6.45, 7) is 2.49. The summed E-state index contributed by atoms with van der Waals surface area (Å²) >= 11 is 0. The molecule has 0 unspecified atom stereocenters. The Bertz CT molecular complexity index is 465. The van der Waals surface area contributed by atoms with E-state index in [0.29, 0.717) is 6.67 Å². The van der Waals surface area contributed by atoms with Crippen molar-refractivity contribution in [2.75, 3.05) is 0 Å². The van der Waals surface area contributed by atoms with Crippen LogP contribution >= 0.6 is 0 Å². The molecule has 5 heteroatoms. The molecule has 2 rings (SSSR count). The molecule has 0 atom stereocenters. The van der Waals surface area contributed by atoms with Crippen LogP contribution in [0.5, 0.6) is 0 Å². The second-order valence-electron chi connectivity index (χ2n) is 2.99. The highest BCUT2D eigenvalue weighted by Crippen LogP contribution is 1.94. The lowest BCUT2D eigenvalue weighted by Gasteiger charge is -2.06. The average Bonchev–Trinajstić information content (AvgIpc) is 2.56. The van der Waals surface area contributed by atoms with E-state index >= 15 is 0 Å². The van der Waals surface area contributed by atoms with Crippen LogP contribution in [0.15, 0.2) is 35.6 Å². The van der Waals surface area contributed by atoms with E-state index in [9.17, 15) is 4.79 Å². The third-order valence-corrected chi connectivity index (χ3v) is 1.97. The summed E-state index contributed by atoms with van der Waals surface area (Å²) in [5.74, 6) is 0.922. The molecule has 2 aromatic heterocycles. The van der Waals surface area contributed by atoms with Crippen LogP contribution in [0.1, 0.15) is 5.82 Å². The van der Waals surface area contributed by atoms with E-state index in [1.165, 1.54) is 12.3 Å². The van der Waals surface area contributed by atoms with Crippen LogP contribution in [-0.2, 0) is 6.67 Å². The van der Waals surface area contributed by atoms with Gasteiger partial charge in [-0.25, -0.2) is 4.98 Å². The molecule has 0 aliphatic rings. The summed E-state index contributed by atoms with van der Waals surface area (Å²) < 4.78 is 3.62. The molecule has 5 nitrogen and oxygen atoms in total. The maximum absolute atomic E-state index is 10.8. The predicted molar refractivity (Wildman–Crippen MR) is 50.9 cm³/mol. The molecule has 0 amide bonds. The van der Waals surface area contributed by atoms with Crippen LogP contribution in [0.2, 0.25) is 0 Å². The molecular formula is C9H10N4O. The third-order valence-electron chi connectivity index (χ3n) is 1.97. The first kappa shape index (κ1) is 8.68. The van der Waals surface area contributed by atoms with Crippen LogP contribution < -0.4 is 5.43 Å². The lowest BCUT2D eigenvalue weighted by Crippen LogP contribution is -2.14. The van der Waals surface area contributed by atoms with Gasteiger partial charge in [0.25, 0.3) is 0 Å². The van der Waals surface area contributed by atoms with E-state index in [4.69, 9.17) is 0 Å². The van der Waals surface area contributed by atoms with Gasteiger partial charge in [-0.1, -0.05) is 0 Å². The van der Waals surface area contributed by atoms with E-state index in [0.717, 1.165) is 5.82 Å². The topological polar surface area (TPSA) is 52.7 Å². The lowest BCUT2D eigenvalue weighted by molar-refractivity contribution is 0.525. The van der Waals surface area contributed by atoms with Crippen LogP contribution in [0, 0.1) is 6.92 Å². The van der Waals surface area contributed by atoms with Crippen LogP contribution in [0.25, 0.3) is 0 Å².